The predicted molar refractivity (Wildman–Crippen MR) is 64.3 cm³/mol. The lowest BCUT2D eigenvalue weighted by molar-refractivity contribution is 0.431. The van der Waals surface area contributed by atoms with Crippen molar-refractivity contribution in [2.75, 3.05) is 5.73 Å². The zero-order chi connectivity index (χ0) is 12.5. The van der Waals surface area contributed by atoms with Gasteiger partial charge >= 0.3 is 0 Å². The fourth-order valence-corrected chi connectivity index (χ4v) is 1.59. The van der Waals surface area contributed by atoms with Crippen LogP contribution in [0.25, 0.3) is 23.0 Å². The van der Waals surface area contributed by atoms with Crippen LogP contribution >= 0.6 is 0 Å². The Morgan fingerprint density at radius 3 is 3.00 bits per heavy atom. The van der Waals surface area contributed by atoms with Gasteiger partial charge < -0.3 is 10.3 Å². The highest BCUT2D eigenvalue weighted by Crippen LogP contribution is 2.23. The van der Waals surface area contributed by atoms with Crippen LogP contribution < -0.4 is 5.73 Å². The molecule has 0 bridgehead atoms. The van der Waals surface area contributed by atoms with Crippen molar-refractivity contribution in [3.8, 4) is 23.0 Å². The number of aromatic nitrogens is 5. The number of hydrogen-bond donors (Lipinski definition) is 2. The second-order valence-corrected chi connectivity index (χ2v) is 3.82. The van der Waals surface area contributed by atoms with Gasteiger partial charge in [0.2, 0.25) is 5.82 Å². The van der Waals surface area contributed by atoms with Gasteiger partial charge in [-0.15, -0.1) is 0 Å². The van der Waals surface area contributed by atoms with Gasteiger partial charge in [0, 0.05) is 24.0 Å². The van der Waals surface area contributed by atoms with Crippen LogP contribution in [0.5, 0.6) is 0 Å². The Kier molecular flexibility index (Phi) is 2.30. The van der Waals surface area contributed by atoms with Gasteiger partial charge in [-0.1, -0.05) is 5.16 Å². The number of nitrogen functional groups attached to an aromatic ring is 1. The Labute approximate surface area is 102 Å². The van der Waals surface area contributed by atoms with Crippen molar-refractivity contribution in [1.29, 1.82) is 0 Å². The topological polar surface area (TPSA) is 107 Å². The van der Waals surface area contributed by atoms with Gasteiger partial charge in [0.05, 0.1) is 0 Å². The van der Waals surface area contributed by atoms with Gasteiger partial charge in [-0.25, -0.2) is 0 Å². The number of nitrogens with one attached hydrogen (secondary N) is 1. The van der Waals surface area contributed by atoms with Crippen molar-refractivity contribution in [3.05, 3.63) is 30.1 Å². The molecule has 3 rings (SSSR count). The lowest BCUT2D eigenvalue weighted by atomic mass is 10.1. The van der Waals surface area contributed by atoms with Crippen LogP contribution in [0.15, 0.2) is 29.0 Å². The molecule has 0 aliphatic heterocycles. The average Bonchev–Trinajstić information content (AvgIpc) is 2.98. The first-order valence-electron chi connectivity index (χ1n) is 5.30. The molecule has 7 nitrogen and oxygen atoms in total. The van der Waals surface area contributed by atoms with Crippen LogP contribution in [0.1, 0.15) is 5.56 Å². The van der Waals surface area contributed by atoms with Gasteiger partial charge in [0.15, 0.2) is 0 Å². The van der Waals surface area contributed by atoms with Crippen LogP contribution in [0.3, 0.4) is 0 Å². The summed E-state index contributed by atoms with van der Waals surface area (Å²) in [5.41, 5.74) is 7.97. The van der Waals surface area contributed by atoms with Gasteiger partial charge in [-0.05, 0) is 18.6 Å². The molecular weight excluding hydrogens is 232 g/mol. The SMILES string of the molecule is Cc1ccncc1-c1noc(-c2cc(N)n[nH]2)n1. The Hall–Kier alpha value is -2.70. The minimum Gasteiger partial charge on any atom is -0.382 e. The summed E-state index contributed by atoms with van der Waals surface area (Å²) in [6.45, 7) is 1.96. The number of hydrogen-bond acceptors (Lipinski definition) is 6. The minimum atomic E-state index is 0.345. The molecule has 7 heteroatoms. The molecule has 18 heavy (non-hydrogen) atoms. The zero-order valence-corrected chi connectivity index (χ0v) is 9.58. The second-order valence-electron chi connectivity index (χ2n) is 3.82. The summed E-state index contributed by atoms with van der Waals surface area (Å²) in [6.07, 6.45) is 3.42. The molecule has 3 N–H and O–H groups in total. The van der Waals surface area contributed by atoms with Crippen molar-refractivity contribution >= 4 is 5.82 Å². The number of aryl methyl sites for hydroxylation is 1. The first-order chi connectivity index (χ1) is 8.74. The number of nitrogens with two attached hydrogens (primary N) is 1. The lowest BCUT2D eigenvalue weighted by Crippen LogP contribution is -1.86. The quantitative estimate of drug-likeness (QED) is 0.703. The van der Waals surface area contributed by atoms with E-state index < -0.39 is 0 Å². The summed E-state index contributed by atoms with van der Waals surface area (Å²) in [7, 11) is 0. The van der Waals surface area contributed by atoms with Crippen molar-refractivity contribution in [1.82, 2.24) is 25.3 Å². The standard InChI is InChI=1S/C11H10N6O/c1-6-2-3-13-5-7(6)10-14-11(18-17-10)8-4-9(12)16-15-8/h2-5H,1H3,(H3,12,15,16). The van der Waals surface area contributed by atoms with E-state index in [0.29, 0.717) is 23.2 Å². The fraction of sp³-hybridized carbons (Fsp3) is 0.0909. The summed E-state index contributed by atoms with van der Waals surface area (Å²) in [6, 6.07) is 3.52. The summed E-state index contributed by atoms with van der Waals surface area (Å²) in [5.74, 6) is 1.21. The van der Waals surface area contributed by atoms with Crippen LogP contribution in [0.4, 0.5) is 5.82 Å². The number of nitrogens with zero attached hydrogens (tertiary/aromatic N) is 4. The van der Waals surface area contributed by atoms with E-state index in [2.05, 4.69) is 25.3 Å². The van der Waals surface area contributed by atoms with E-state index in [4.69, 9.17) is 10.3 Å². The summed E-state index contributed by atoms with van der Waals surface area (Å²) in [4.78, 5) is 8.33. The van der Waals surface area contributed by atoms with Crippen molar-refractivity contribution in [3.63, 3.8) is 0 Å². The molecule has 0 unspecified atom stereocenters. The molecule has 0 saturated carbocycles. The number of rotatable bonds is 2. The number of anilines is 1. The van der Waals surface area contributed by atoms with Gasteiger partial charge in [0.1, 0.15) is 11.5 Å². The van der Waals surface area contributed by atoms with Crippen LogP contribution in [-0.2, 0) is 0 Å². The maximum absolute atomic E-state index is 5.52. The summed E-state index contributed by atoms with van der Waals surface area (Å²) in [5, 5.41) is 10.4. The molecule has 0 fully saturated rings. The average molecular weight is 242 g/mol. The molecule has 3 heterocycles. The molecule has 0 amide bonds. The summed E-state index contributed by atoms with van der Waals surface area (Å²) >= 11 is 0. The molecule has 0 saturated heterocycles. The van der Waals surface area contributed by atoms with E-state index in [1.54, 1.807) is 18.5 Å². The lowest BCUT2D eigenvalue weighted by Gasteiger charge is -1.96. The van der Waals surface area contributed by atoms with Crippen LogP contribution in [0, 0.1) is 6.92 Å². The Balaban J connectivity index is 2.02. The van der Waals surface area contributed by atoms with Crippen molar-refractivity contribution < 1.29 is 4.52 Å². The Morgan fingerprint density at radius 1 is 1.39 bits per heavy atom. The fourth-order valence-electron chi connectivity index (χ4n) is 1.59. The Morgan fingerprint density at radius 2 is 2.28 bits per heavy atom. The van der Waals surface area contributed by atoms with Crippen molar-refractivity contribution in [2.24, 2.45) is 0 Å². The van der Waals surface area contributed by atoms with E-state index >= 15 is 0 Å². The highest BCUT2D eigenvalue weighted by atomic mass is 16.5. The van der Waals surface area contributed by atoms with E-state index in [1.807, 2.05) is 13.0 Å². The second kappa shape index (κ2) is 3.95. The highest BCUT2D eigenvalue weighted by molar-refractivity contribution is 5.61. The van der Waals surface area contributed by atoms with Gasteiger partial charge in [0.25, 0.3) is 5.89 Å². The smallest absolute Gasteiger partial charge is 0.276 e. The van der Waals surface area contributed by atoms with E-state index in [1.165, 1.54) is 0 Å². The molecule has 0 aromatic carbocycles. The van der Waals surface area contributed by atoms with Gasteiger partial charge in [-0.3, -0.25) is 10.1 Å². The van der Waals surface area contributed by atoms with Crippen molar-refractivity contribution in [2.45, 2.75) is 6.92 Å². The maximum Gasteiger partial charge on any atom is 0.276 e. The first-order valence-corrected chi connectivity index (χ1v) is 5.30. The molecule has 3 aromatic rings. The normalized spacial score (nSPS) is 10.7. The predicted octanol–water partition coefficient (Wildman–Crippen LogP) is 1.41. The zero-order valence-electron chi connectivity index (χ0n) is 9.58. The Bertz CT molecular complexity index is 686. The van der Waals surface area contributed by atoms with Crippen LogP contribution in [0.2, 0.25) is 0 Å². The number of aromatic amines is 1. The number of pyridine rings is 1. The number of H-pyrrole nitrogens is 1. The molecule has 0 spiro atoms. The molecule has 90 valence electrons. The third-order valence-electron chi connectivity index (χ3n) is 2.53. The van der Waals surface area contributed by atoms with Crippen LogP contribution in [-0.4, -0.2) is 25.3 Å². The third-order valence-corrected chi connectivity index (χ3v) is 2.53. The molecule has 3 aromatic heterocycles. The summed E-state index contributed by atoms with van der Waals surface area (Å²) < 4.78 is 5.16. The van der Waals surface area contributed by atoms with E-state index in [0.717, 1.165) is 11.1 Å². The van der Waals surface area contributed by atoms with E-state index in [-0.39, 0.29) is 0 Å². The molecule has 0 radical (unpaired) electrons. The van der Waals surface area contributed by atoms with Gasteiger partial charge in [-0.2, -0.15) is 10.1 Å². The largest absolute Gasteiger partial charge is 0.382 e. The molecule has 0 aliphatic carbocycles. The minimum absolute atomic E-state index is 0.345. The maximum atomic E-state index is 5.52. The monoisotopic (exact) mass is 242 g/mol. The first kappa shape index (κ1) is 10.5. The third kappa shape index (κ3) is 1.71. The highest BCUT2D eigenvalue weighted by Gasteiger charge is 2.13. The molecule has 0 atom stereocenters. The molecule has 0 aliphatic rings. The molecular formula is C11H10N6O. The van der Waals surface area contributed by atoms with E-state index in [9.17, 15) is 0 Å².